The van der Waals surface area contributed by atoms with Crippen LogP contribution in [0.1, 0.15) is 79.1 Å². The molecule has 0 unspecified atom stereocenters. The van der Waals surface area contributed by atoms with Gasteiger partial charge in [0, 0.05) is 24.5 Å². The van der Waals surface area contributed by atoms with Gasteiger partial charge in [0.15, 0.2) is 6.61 Å². The van der Waals surface area contributed by atoms with Gasteiger partial charge < -0.3 is 44.7 Å². The number of phosphoric ester groups is 1. The number of rotatable bonds is 21. The van der Waals surface area contributed by atoms with Gasteiger partial charge in [-0.25, -0.2) is 4.98 Å². The molecule has 1 saturated carbocycles. The van der Waals surface area contributed by atoms with Gasteiger partial charge in [-0.2, -0.15) is 0 Å². The van der Waals surface area contributed by atoms with E-state index in [1.54, 1.807) is 43.6 Å². The molecule has 18 heteroatoms. The first-order valence-electron chi connectivity index (χ1n) is 20.1. The van der Waals surface area contributed by atoms with Gasteiger partial charge in [0.2, 0.25) is 11.8 Å². The number of aliphatic hydroxyl groups is 1. The van der Waals surface area contributed by atoms with E-state index in [0.29, 0.717) is 24.4 Å². The number of hydrogen-bond acceptors (Lipinski definition) is 11. The number of carbonyl (C=O) groups excluding carboxylic acids is 4. The zero-order valence-corrected chi connectivity index (χ0v) is 43.1. The van der Waals surface area contributed by atoms with Gasteiger partial charge in [0.05, 0.1) is 26.6 Å². The van der Waals surface area contributed by atoms with Crippen molar-refractivity contribution in [3.05, 3.63) is 66.9 Å². The third-order valence-corrected chi connectivity index (χ3v) is 11.5. The monoisotopic (exact) mass is 901 g/mol. The predicted octanol–water partition coefficient (Wildman–Crippen LogP) is -2.38. The molecule has 0 radical (unpaired) electrons. The third-order valence-electron chi connectivity index (χ3n) is 11.0. The Labute approximate surface area is 438 Å². The molecule has 1 aromatic heterocycles. The molecule has 318 valence electrons. The van der Waals surface area contributed by atoms with Crippen molar-refractivity contribution in [2.45, 2.75) is 103 Å². The maximum absolute atomic E-state index is 14.0. The second-order valence-corrected chi connectivity index (χ2v) is 16.7. The first-order chi connectivity index (χ1) is 27.6. The van der Waals surface area contributed by atoms with Crippen molar-refractivity contribution in [3.63, 3.8) is 0 Å². The van der Waals surface area contributed by atoms with Crippen LogP contribution in [-0.4, -0.2) is 78.2 Å². The smallest absolute Gasteiger partial charge is 0.790 e. The van der Waals surface area contributed by atoms with Crippen LogP contribution in [0.15, 0.2) is 66.9 Å². The van der Waals surface area contributed by atoms with Crippen molar-refractivity contribution >= 4 is 48.0 Å². The van der Waals surface area contributed by atoms with E-state index in [2.05, 4.69) is 25.5 Å². The number of aromatic nitrogens is 1. The van der Waals surface area contributed by atoms with Crippen LogP contribution in [0.4, 0.5) is 5.82 Å². The summed E-state index contributed by atoms with van der Waals surface area (Å²) >= 11 is 0. The Bertz CT molecular complexity index is 1860. The maximum Gasteiger partial charge on any atom is 1.00 e. The average Bonchev–Trinajstić information content (AvgIpc) is 3.21. The summed E-state index contributed by atoms with van der Waals surface area (Å²) in [6.07, 6.45) is 5.90. The Morgan fingerprint density at radius 2 is 1.58 bits per heavy atom. The molecule has 1 aliphatic rings. The summed E-state index contributed by atoms with van der Waals surface area (Å²) in [4.78, 5) is 83.4. The van der Waals surface area contributed by atoms with Crippen molar-refractivity contribution < 1.29 is 151 Å². The number of aliphatic hydroxyl groups excluding tert-OH is 1. The van der Waals surface area contributed by atoms with Crippen molar-refractivity contribution in [2.24, 2.45) is 23.7 Å². The number of fused-ring (bicyclic) bond motifs is 1. The Hall–Kier alpha value is -1.13. The third kappa shape index (κ3) is 17.4. The summed E-state index contributed by atoms with van der Waals surface area (Å²) in [5.74, 6) is -2.78. The quantitative estimate of drug-likeness (QED) is 0.0654. The minimum atomic E-state index is -5.56. The van der Waals surface area contributed by atoms with E-state index in [-0.39, 0.29) is 133 Å². The number of ether oxygens (including phenoxy) is 1. The number of hydrogen-bond donors (Lipinski definition) is 4. The Kier molecular flexibility index (Phi) is 25.0. The molecule has 0 bridgehead atoms. The topological polar surface area (TPSA) is 222 Å². The molecule has 60 heavy (non-hydrogen) atoms. The molecule has 0 saturated heterocycles. The summed E-state index contributed by atoms with van der Waals surface area (Å²) in [6.45, 7) is 5.93. The van der Waals surface area contributed by atoms with E-state index in [4.69, 9.17) is 4.74 Å². The molecule has 15 nitrogen and oxygen atoms in total. The van der Waals surface area contributed by atoms with Crippen LogP contribution >= 0.6 is 7.82 Å². The van der Waals surface area contributed by atoms with Crippen LogP contribution in [0.5, 0.6) is 5.75 Å². The zero-order chi connectivity index (χ0) is 42.4. The Morgan fingerprint density at radius 1 is 0.917 bits per heavy atom. The summed E-state index contributed by atoms with van der Waals surface area (Å²) in [6, 6.07) is 14.4. The molecule has 0 spiro atoms. The predicted molar refractivity (Wildman–Crippen MR) is 216 cm³/mol. The molecule has 4 amide bonds. The SMILES string of the molecule is CC[C@H](C)[C@H](NC(=O)[C@@H](C[C@H](O)[C@H](CC1CCCCC1)NC(=O)[C@H](COP(=O)([O-])[O-])NC(=O)COc1cccc2ccccc12)C(C)C)C(=O)N(C)c1ccccn1.[K+].[K+]. The second kappa shape index (κ2) is 27.3. The van der Waals surface area contributed by atoms with Crippen molar-refractivity contribution in [2.75, 3.05) is 25.2 Å². The van der Waals surface area contributed by atoms with E-state index in [1.807, 2.05) is 58.0 Å². The fraction of sp³-hybridized carbons (Fsp3) is 0.548. The Balaban J connectivity index is 0.00000620. The van der Waals surface area contributed by atoms with Crippen LogP contribution in [0.3, 0.4) is 0 Å². The van der Waals surface area contributed by atoms with E-state index < -0.39 is 68.9 Å². The first kappa shape index (κ1) is 55.0. The summed E-state index contributed by atoms with van der Waals surface area (Å²) in [5.41, 5.74) is 0. The number of likely N-dealkylation sites (N-methyl/N-ethyl adjacent to an activating group) is 1. The number of benzene rings is 2. The molecule has 0 aliphatic heterocycles. The van der Waals surface area contributed by atoms with Crippen molar-refractivity contribution in [1.82, 2.24) is 20.9 Å². The van der Waals surface area contributed by atoms with Crippen LogP contribution in [0.2, 0.25) is 0 Å². The van der Waals surface area contributed by atoms with Crippen LogP contribution < -0.4 is 138 Å². The second-order valence-electron chi connectivity index (χ2n) is 15.6. The van der Waals surface area contributed by atoms with Gasteiger partial charge in [-0.1, -0.05) is 109 Å². The Morgan fingerprint density at radius 3 is 2.22 bits per heavy atom. The minimum Gasteiger partial charge on any atom is -0.790 e. The van der Waals surface area contributed by atoms with Crippen LogP contribution in [-0.2, 0) is 28.3 Å². The van der Waals surface area contributed by atoms with E-state index in [9.17, 15) is 38.6 Å². The number of phosphoric acid groups is 1. The summed E-state index contributed by atoms with van der Waals surface area (Å²) < 4.78 is 21.7. The molecule has 2 aromatic carbocycles. The van der Waals surface area contributed by atoms with Gasteiger partial charge in [0.25, 0.3) is 11.8 Å². The van der Waals surface area contributed by atoms with Gasteiger partial charge in [-0.05, 0) is 54.2 Å². The fourth-order valence-electron chi connectivity index (χ4n) is 7.35. The number of nitrogens with one attached hydrogen (secondary N) is 3. The fourth-order valence-corrected chi connectivity index (χ4v) is 7.68. The van der Waals surface area contributed by atoms with Crippen LogP contribution in [0, 0.1) is 23.7 Å². The molecule has 1 aliphatic carbocycles. The van der Waals surface area contributed by atoms with Gasteiger partial charge in [0.1, 0.15) is 23.7 Å². The van der Waals surface area contributed by atoms with E-state index >= 15 is 0 Å². The molecule has 1 fully saturated rings. The van der Waals surface area contributed by atoms with Crippen molar-refractivity contribution in [1.29, 1.82) is 0 Å². The standard InChI is InChI=1S/C42H60N5O10P.2K/c1-6-28(4)39(42(52)47(5)37-21-12-13-22-43-37)46-40(50)32(27(2)3)24-35(48)33(23-29-15-8-7-9-16-29)45-41(51)34(25-57-58(53,54)55)44-38(49)26-56-36-20-14-18-30-17-10-11-19-31(30)36;;/h10-14,17-22,27-29,32-35,39,48H,6-9,15-16,23-26H2,1-5H3,(H,44,49)(H,45,51)(H,46,50)(H2,53,54,55);;/q;2*+1/p-2/t28-,32-,33-,34-,35-,39-;;/m0../s1. The summed E-state index contributed by atoms with van der Waals surface area (Å²) in [7, 11) is -3.96. The molecule has 1 heterocycles. The maximum atomic E-state index is 14.0. The van der Waals surface area contributed by atoms with E-state index in [0.717, 1.165) is 42.9 Å². The number of carbonyl (C=O) groups is 4. The largest absolute Gasteiger partial charge is 1.00 e. The number of nitrogens with zero attached hydrogens (tertiary/aromatic N) is 2. The summed E-state index contributed by atoms with van der Waals surface area (Å²) in [5, 5.41) is 21.6. The number of anilines is 1. The minimum absolute atomic E-state index is 0. The van der Waals surface area contributed by atoms with E-state index in [1.165, 1.54) is 4.90 Å². The number of amides is 4. The first-order valence-corrected chi connectivity index (χ1v) is 21.6. The zero-order valence-electron chi connectivity index (χ0n) is 36.0. The van der Waals surface area contributed by atoms with Crippen LogP contribution in [0.25, 0.3) is 10.8 Å². The number of pyridine rings is 1. The van der Waals surface area contributed by atoms with Gasteiger partial charge in [-0.15, -0.1) is 0 Å². The molecule has 4 N–H and O–H groups in total. The molecular formula is C42H58K2N5O10P. The van der Waals surface area contributed by atoms with Crippen molar-refractivity contribution in [3.8, 4) is 5.75 Å². The molecule has 6 atom stereocenters. The molecular weight excluding hydrogens is 844 g/mol. The molecule has 4 rings (SSSR count). The normalized spacial score (nSPS) is 16.1. The van der Waals surface area contributed by atoms with Gasteiger partial charge in [-0.3, -0.25) is 24.1 Å². The van der Waals surface area contributed by atoms with Gasteiger partial charge >= 0.3 is 103 Å². The molecule has 3 aromatic rings. The average molecular weight is 902 g/mol.